The zero-order chi connectivity index (χ0) is 16.7. The van der Waals surface area contributed by atoms with Crippen LogP contribution in [0.25, 0.3) is 27.2 Å². The quantitative estimate of drug-likeness (QED) is 0.546. The molecule has 0 spiro atoms. The lowest BCUT2D eigenvalue weighted by Gasteiger charge is -2.10. The van der Waals surface area contributed by atoms with Crippen molar-refractivity contribution in [3.05, 3.63) is 71.1 Å². The standard InChI is InChI=1S/C20H14N2OS/c1-13-6-11-19(24-13)20-17(12-21)16-4-2-3-5-18(16)22(20)14-7-9-15(23)10-8-14/h2-11,23H,1H3. The third kappa shape index (κ3) is 2.18. The summed E-state index contributed by atoms with van der Waals surface area (Å²) in [5.41, 5.74) is 3.50. The Balaban J connectivity index is 2.14. The highest BCUT2D eigenvalue weighted by Gasteiger charge is 2.20. The molecule has 0 radical (unpaired) electrons. The van der Waals surface area contributed by atoms with Gasteiger partial charge in [0.05, 0.1) is 21.7 Å². The number of rotatable bonds is 2. The number of hydrogen-bond acceptors (Lipinski definition) is 3. The normalized spacial score (nSPS) is 10.8. The molecule has 0 amide bonds. The molecule has 4 aromatic rings. The topological polar surface area (TPSA) is 49.0 Å². The van der Waals surface area contributed by atoms with Crippen molar-refractivity contribution >= 4 is 22.2 Å². The summed E-state index contributed by atoms with van der Waals surface area (Å²) >= 11 is 1.68. The fraction of sp³-hybridized carbons (Fsp3) is 0.0500. The summed E-state index contributed by atoms with van der Waals surface area (Å²) in [4.78, 5) is 2.27. The minimum Gasteiger partial charge on any atom is -0.508 e. The van der Waals surface area contributed by atoms with Crippen molar-refractivity contribution in [1.82, 2.24) is 4.57 Å². The second-order valence-electron chi connectivity index (χ2n) is 5.61. The predicted octanol–water partition coefficient (Wildman–Crippen LogP) is 5.24. The molecule has 2 aromatic heterocycles. The maximum atomic E-state index is 9.79. The molecule has 0 aliphatic heterocycles. The first-order valence-corrected chi connectivity index (χ1v) is 8.40. The molecule has 0 fully saturated rings. The zero-order valence-electron chi connectivity index (χ0n) is 13.0. The van der Waals surface area contributed by atoms with Crippen LogP contribution in [-0.4, -0.2) is 9.67 Å². The van der Waals surface area contributed by atoms with Crippen molar-refractivity contribution in [2.45, 2.75) is 6.92 Å². The van der Waals surface area contributed by atoms with Gasteiger partial charge in [-0.3, -0.25) is 0 Å². The van der Waals surface area contributed by atoms with Crippen LogP contribution in [0.5, 0.6) is 5.75 Å². The van der Waals surface area contributed by atoms with E-state index in [-0.39, 0.29) is 5.75 Å². The Hall–Kier alpha value is -3.03. The number of aromatic hydroxyl groups is 1. The number of aromatic nitrogens is 1. The summed E-state index contributed by atoms with van der Waals surface area (Å²) in [6, 6.07) is 21.5. The van der Waals surface area contributed by atoms with E-state index in [1.807, 2.05) is 36.4 Å². The summed E-state index contributed by atoms with van der Waals surface area (Å²) in [5.74, 6) is 0.226. The molecule has 4 rings (SSSR count). The summed E-state index contributed by atoms with van der Waals surface area (Å²) in [5, 5.41) is 20.3. The van der Waals surface area contributed by atoms with Crippen LogP contribution in [0.15, 0.2) is 60.7 Å². The highest BCUT2D eigenvalue weighted by molar-refractivity contribution is 7.15. The van der Waals surface area contributed by atoms with Gasteiger partial charge in [0.2, 0.25) is 0 Å². The van der Waals surface area contributed by atoms with Crippen LogP contribution in [-0.2, 0) is 0 Å². The Bertz CT molecular complexity index is 1080. The van der Waals surface area contributed by atoms with Crippen LogP contribution in [0.1, 0.15) is 10.4 Å². The summed E-state index contributed by atoms with van der Waals surface area (Å²) in [6.07, 6.45) is 0. The molecule has 0 aliphatic carbocycles. The van der Waals surface area contributed by atoms with Crippen molar-refractivity contribution < 1.29 is 5.11 Å². The number of hydrogen-bond donors (Lipinski definition) is 1. The number of phenols is 1. The van der Waals surface area contributed by atoms with E-state index < -0.39 is 0 Å². The Labute approximate surface area is 143 Å². The Morgan fingerprint density at radius 3 is 2.42 bits per heavy atom. The zero-order valence-corrected chi connectivity index (χ0v) is 13.8. The Morgan fingerprint density at radius 2 is 1.75 bits per heavy atom. The molecule has 0 saturated heterocycles. The van der Waals surface area contributed by atoms with Gasteiger partial charge in [0, 0.05) is 16.0 Å². The van der Waals surface area contributed by atoms with Gasteiger partial charge in [-0.05, 0) is 49.4 Å². The van der Waals surface area contributed by atoms with E-state index in [4.69, 9.17) is 0 Å². The van der Waals surface area contributed by atoms with E-state index in [0.717, 1.165) is 27.2 Å². The van der Waals surface area contributed by atoms with Crippen LogP contribution >= 0.6 is 11.3 Å². The second kappa shape index (κ2) is 5.55. The number of nitriles is 1. The predicted molar refractivity (Wildman–Crippen MR) is 97.7 cm³/mol. The van der Waals surface area contributed by atoms with Crippen LogP contribution < -0.4 is 0 Å². The van der Waals surface area contributed by atoms with E-state index in [2.05, 4.69) is 29.7 Å². The highest BCUT2D eigenvalue weighted by atomic mass is 32.1. The monoisotopic (exact) mass is 330 g/mol. The van der Waals surface area contributed by atoms with Crippen LogP contribution in [0.4, 0.5) is 0 Å². The van der Waals surface area contributed by atoms with Gasteiger partial charge in [-0.15, -0.1) is 11.3 Å². The third-order valence-corrected chi connectivity index (χ3v) is 5.08. The molecule has 3 nitrogen and oxygen atoms in total. The van der Waals surface area contributed by atoms with E-state index in [1.165, 1.54) is 4.88 Å². The molecular weight excluding hydrogens is 316 g/mol. The minimum atomic E-state index is 0.226. The molecule has 0 bridgehead atoms. The third-order valence-electron chi connectivity index (χ3n) is 4.07. The lowest BCUT2D eigenvalue weighted by Crippen LogP contribution is -1.96. The first-order valence-electron chi connectivity index (χ1n) is 7.59. The van der Waals surface area contributed by atoms with E-state index in [1.54, 1.807) is 23.5 Å². The van der Waals surface area contributed by atoms with Crippen molar-refractivity contribution in [2.75, 3.05) is 0 Å². The number of aryl methyl sites for hydroxylation is 1. The Kier molecular flexibility index (Phi) is 3.37. The van der Waals surface area contributed by atoms with E-state index >= 15 is 0 Å². The van der Waals surface area contributed by atoms with Crippen LogP contribution in [0.3, 0.4) is 0 Å². The first-order chi connectivity index (χ1) is 11.7. The molecule has 2 aromatic carbocycles. The van der Waals surface area contributed by atoms with Gasteiger partial charge in [-0.25, -0.2) is 0 Å². The molecule has 4 heteroatoms. The summed E-state index contributed by atoms with van der Waals surface area (Å²) in [7, 11) is 0. The number of fused-ring (bicyclic) bond motifs is 1. The average Bonchev–Trinajstić information content (AvgIpc) is 3.16. The van der Waals surface area contributed by atoms with Crippen LogP contribution in [0, 0.1) is 18.3 Å². The summed E-state index contributed by atoms with van der Waals surface area (Å²) in [6.45, 7) is 2.06. The number of nitrogens with zero attached hydrogens (tertiary/aromatic N) is 2. The maximum absolute atomic E-state index is 9.79. The van der Waals surface area contributed by atoms with E-state index in [0.29, 0.717) is 5.56 Å². The second-order valence-corrected chi connectivity index (χ2v) is 6.90. The van der Waals surface area contributed by atoms with Crippen molar-refractivity contribution in [3.63, 3.8) is 0 Å². The molecule has 0 aliphatic rings. The molecule has 116 valence electrons. The van der Waals surface area contributed by atoms with Gasteiger partial charge in [0.1, 0.15) is 11.8 Å². The lowest BCUT2D eigenvalue weighted by molar-refractivity contribution is 0.475. The SMILES string of the molecule is Cc1ccc(-c2c(C#N)c3ccccc3n2-c2ccc(O)cc2)s1. The van der Waals surface area contributed by atoms with E-state index in [9.17, 15) is 10.4 Å². The largest absolute Gasteiger partial charge is 0.508 e. The fourth-order valence-electron chi connectivity index (χ4n) is 3.02. The Morgan fingerprint density at radius 1 is 1.00 bits per heavy atom. The lowest BCUT2D eigenvalue weighted by atomic mass is 10.1. The average molecular weight is 330 g/mol. The van der Waals surface area contributed by atoms with Gasteiger partial charge >= 0.3 is 0 Å². The molecule has 24 heavy (non-hydrogen) atoms. The molecule has 0 unspecified atom stereocenters. The first kappa shape index (κ1) is 14.6. The van der Waals surface area contributed by atoms with Gasteiger partial charge in [0.15, 0.2) is 0 Å². The highest BCUT2D eigenvalue weighted by Crippen LogP contribution is 2.39. The number of para-hydroxylation sites is 1. The van der Waals surface area contributed by atoms with Gasteiger partial charge < -0.3 is 9.67 Å². The number of benzene rings is 2. The number of thiophene rings is 1. The van der Waals surface area contributed by atoms with Gasteiger partial charge in [-0.2, -0.15) is 5.26 Å². The van der Waals surface area contributed by atoms with Gasteiger partial charge in [-0.1, -0.05) is 18.2 Å². The smallest absolute Gasteiger partial charge is 0.115 e. The van der Waals surface area contributed by atoms with Crippen molar-refractivity contribution in [1.29, 1.82) is 5.26 Å². The molecular formula is C20H14N2OS. The van der Waals surface area contributed by atoms with Crippen molar-refractivity contribution in [3.8, 4) is 28.1 Å². The molecule has 1 N–H and O–H groups in total. The van der Waals surface area contributed by atoms with Crippen molar-refractivity contribution in [2.24, 2.45) is 0 Å². The molecule has 0 saturated carbocycles. The minimum absolute atomic E-state index is 0.226. The number of phenolic OH excluding ortho intramolecular Hbond substituents is 1. The van der Waals surface area contributed by atoms with Gasteiger partial charge in [0.25, 0.3) is 0 Å². The summed E-state index contributed by atoms with van der Waals surface area (Å²) < 4.78 is 2.10. The van der Waals surface area contributed by atoms with Crippen LogP contribution in [0.2, 0.25) is 0 Å². The molecule has 0 atom stereocenters. The molecule has 2 heterocycles. The fourth-order valence-corrected chi connectivity index (χ4v) is 3.93. The maximum Gasteiger partial charge on any atom is 0.115 e.